The molecule has 2 rings (SSSR count). The zero-order chi connectivity index (χ0) is 22.3. The molecule has 0 radical (unpaired) electrons. The van der Waals surface area contributed by atoms with Crippen molar-refractivity contribution in [1.29, 1.82) is 0 Å². The van der Waals surface area contributed by atoms with Gasteiger partial charge < -0.3 is 19.5 Å². The number of hydrogen-bond donors (Lipinski definition) is 1. The maximum atomic E-state index is 12.2. The van der Waals surface area contributed by atoms with Gasteiger partial charge in [-0.15, -0.1) is 0 Å². The van der Waals surface area contributed by atoms with E-state index in [1.807, 2.05) is 13.8 Å². The molecule has 0 aliphatic carbocycles. The minimum absolute atomic E-state index is 0.0567. The van der Waals surface area contributed by atoms with Gasteiger partial charge in [0.2, 0.25) is 0 Å². The van der Waals surface area contributed by atoms with Crippen LogP contribution in [0.4, 0.5) is 11.4 Å². The van der Waals surface area contributed by atoms with E-state index in [2.05, 4.69) is 5.32 Å². The van der Waals surface area contributed by atoms with Crippen LogP contribution in [0.15, 0.2) is 36.4 Å². The van der Waals surface area contributed by atoms with E-state index < -0.39 is 23.4 Å². The fraction of sp³-hybridized carbons (Fsp3) is 0.300. The van der Waals surface area contributed by atoms with Gasteiger partial charge in [0, 0.05) is 11.1 Å². The molecule has 0 heterocycles. The van der Waals surface area contributed by atoms with Crippen LogP contribution in [0.25, 0.3) is 0 Å². The third kappa shape index (κ3) is 6.35. The molecular formula is C20H21ClN2O7. The Morgan fingerprint density at radius 3 is 2.53 bits per heavy atom. The van der Waals surface area contributed by atoms with Crippen LogP contribution in [0.1, 0.15) is 24.2 Å². The van der Waals surface area contributed by atoms with Gasteiger partial charge in [-0.25, -0.2) is 4.79 Å². The van der Waals surface area contributed by atoms with Gasteiger partial charge >= 0.3 is 5.97 Å². The van der Waals surface area contributed by atoms with Crippen LogP contribution in [0.5, 0.6) is 11.5 Å². The summed E-state index contributed by atoms with van der Waals surface area (Å²) in [6.45, 7) is 3.85. The molecule has 0 aromatic heterocycles. The van der Waals surface area contributed by atoms with Gasteiger partial charge in [0.25, 0.3) is 11.6 Å². The molecular weight excluding hydrogens is 416 g/mol. The summed E-state index contributed by atoms with van der Waals surface area (Å²) in [7, 11) is 1.44. The summed E-state index contributed by atoms with van der Waals surface area (Å²) < 4.78 is 15.8. The number of methoxy groups -OCH3 is 1. The monoisotopic (exact) mass is 436 g/mol. The number of ether oxygens (including phenoxy) is 3. The minimum Gasteiger partial charge on any atom is -0.493 e. The number of nitrogens with one attached hydrogen (secondary N) is 1. The maximum absolute atomic E-state index is 12.2. The van der Waals surface area contributed by atoms with Gasteiger partial charge in [0.1, 0.15) is 5.69 Å². The molecule has 0 aliphatic heterocycles. The number of nitro groups is 1. The Balaban J connectivity index is 2.00. The van der Waals surface area contributed by atoms with Crippen LogP contribution < -0.4 is 14.8 Å². The lowest BCUT2D eigenvalue weighted by Gasteiger charge is -2.13. The zero-order valence-corrected chi connectivity index (χ0v) is 17.4. The third-order valence-corrected chi connectivity index (χ3v) is 3.97. The quantitative estimate of drug-likeness (QED) is 0.357. The summed E-state index contributed by atoms with van der Waals surface area (Å²) >= 11 is 5.73. The summed E-state index contributed by atoms with van der Waals surface area (Å²) in [4.78, 5) is 34.7. The number of carbonyl (C=O) groups excluding carboxylic acids is 2. The van der Waals surface area contributed by atoms with Gasteiger partial charge in [0.15, 0.2) is 18.1 Å². The molecule has 0 bridgehead atoms. The van der Waals surface area contributed by atoms with Crippen molar-refractivity contribution in [1.82, 2.24) is 0 Å². The first-order chi connectivity index (χ1) is 14.2. The van der Waals surface area contributed by atoms with Crippen LogP contribution in [-0.2, 0) is 9.53 Å². The first kappa shape index (κ1) is 23.0. The van der Waals surface area contributed by atoms with E-state index in [0.29, 0.717) is 24.0 Å². The van der Waals surface area contributed by atoms with Crippen LogP contribution >= 0.6 is 11.6 Å². The third-order valence-electron chi connectivity index (χ3n) is 3.74. The fourth-order valence-electron chi connectivity index (χ4n) is 2.33. The van der Waals surface area contributed by atoms with Gasteiger partial charge in [0.05, 0.1) is 24.2 Å². The van der Waals surface area contributed by atoms with E-state index >= 15 is 0 Å². The SMILES string of the molecule is COc1cc(C(=O)OCC(=O)Nc2ccc(Cl)cc2[N+](=O)[O-])ccc1OCC(C)C. The molecule has 9 nitrogen and oxygen atoms in total. The van der Waals surface area contributed by atoms with E-state index in [1.54, 1.807) is 6.07 Å². The number of hydrogen-bond acceptors (Lipinski definition) is 7. The van der Waals surface area contributed by atoms with Crippen LogP contribution in [0, 0.1) is 16.0 Å². The van der Waals surface area contributed by atoms with Crippen molar-refractivity contribution in [3.05, 3.63) is 57.1 Å². The van der Waals surface area contributed by atoms with E-state index in [0.717, 1.165) is 6.07 Å². The van der Waals surface area contributed by atoms with Crippen LogP contribution in [0.3, 0.4) is 0 Å². The molecule has 0 aliphatic rings. The number of nitrogens with zero attached hydrogens (tertiary/aromatic N) is 1. The number of nitro benzene ring substituents is 1. The summed E-state index contributed by atoms with van der Waals surface area (Å²) in [5, 5.41) is 13.5. The molecule has 2 aromatic rings. The Kier molecular flexibility index (Phi) is 7.99. The summed E-state index contributed by atoms with van der Waals surface area (Å²) in [5.74, 6) is -0.349. The first-order valence-corrected chi connectivity index (χ1v) is 9.30. The van der Waals surface area contributed by atoms with E-state index in [4.69, 9.17) is 25.8 Å². The molecule has 30 heavy (non-hydrogen) atoms. The molecule has 0 unspecified atom stereocenters. The van der Waals surface area contributed by atoms with Crippen molar-refractivity contribution in [3.63, 3.8) is 0 Å². The predicted molar refractivity (Wildman–Crippen MR) is 110 cm³/mol. The highest BCUT2D eigenvalue weighted by Gasteiger charge is 2.18. The summed E-state index contributed by atoms with van der Waals surface area (Å²) in [6.07, 6.45) is 0. The normalized spacial score (nSPS) is 10.4. The first-order valence-electron chi connectivity index (χ1n) is 8.93. The fourth-order valence-corrected chi connectivity index (χ4v) is 2.50. The second-order valence-corrected chi connectivity index (χ2v) is 7.05. The molecule has 1 amide bonds. The van der Waals surface area contributed by atoms with E-state index in [1.165, 1.54) is 31.4 Å². The number of rotatable bonds is 9. The van der Waals surface area contributed by atoms with Crippen molar-refractivity contribution < 1.29 is 28.7 Å². The van der Waals surface area contributed by atoms with E-state index in [9.17, 15) is 19.7 Å². The molecule has 160 valence electrons. The molecule has 0 spiro atoms. The lowest BCUT2D eigenvalue weighted by molar-refractivity contribution is -0.383. The Morgan fingerprint density at radius 2 is 1.90 bits per heavy atom. The van der Waals surface area contributed by atoms with Crippen molar-refractivity contribution in [2.45, 2.75) is 13.8 Å². The Labute approximate surface area is 178 Å². The Morgan fingerprint density at radius 1 is 1.17 bits per heavy atom. The molecule has 0 saturated carbocycles. The number of amides is 1. The number of anilines is 1. The van der Waals surface area contributed by atoms with Crippen molar-refractivity contribution in [2.24, 2.45) is 5.92 Å². The molecule has 0 saturated heterocycles. The number of carbonyl (C=O) groups is 2. The molecule has 2 aromatic carbocycles. The number of halogens is 1. The van der Waals surface area contributed by atoms with Crippen molar-refractivity contribution in [2.75, 3.05) is 25.6 Å². The highest BCUT2D eigenvalue weighted by Crippen LogP contribution is 2.29. The standard InChI is InChI=1S/C20H21ClN2O7/c1-12(2)10-29-17-7-4-13(8-18(17)28-3)20(25)30-11-19(24)22-15-6-5-14(21)9-16(15)23(26)27/h4-9,12H,10-11H2,1-3H3,(H,22,24). The van der Waals surface area contributed by atoms with Gasteiger partial charge in [-0.2, -0.15) is 0 Å². The number of benzene rings is 2. The lowest BCUT2D eigenvalue weighted by Crippen LogP contribution is -2.21. The average molecular weight is 437 g/mol. The smallest absolute Gasteiger partial charge is 0.338 e. The van der Waals surface area contributed by atoms with Gasteiger partial charge in [-0.05, 0) is 36.2 Å². The topological polar surface area (TPSA) is 117 Å². The molecule has 1 N–H and O–H groups in total. The highest BCUT2D eigenvalue weighted by atomic mass is 35.5. The second-order valence-electron chi connectivity index (χ2n) is 6.61. The molecule has 0 fully saturated rings. The van der Waals surface area contributed by atoms with E-state index in [-0.39, 0.29) is 22.0 Å². The predicted octanol–water partition coefficient (Wildman–Crippen LogP) is 4.09. The van der Waals surface area contributed by atoms with Gasteiger partial charge in [-0.1, -0.05) is 25.4 Å². The summed E-state index contributed by atoms with van der Waals surface area (Å²) in [5.41, 5.74) is -0.267. The Hall–Kier alpha value is -3.33. The average Bonchev–Trinajstić information content (AvgIpc) is 2.71. The largest absolute Gasteiger partial charge is 0.493 e. The van der Waals surface area contributed by atoms with Crippen LogP contribution in [0.2, 0.25) is 5.02 Å². The lowest BCUT2D eigenvalue weighted by atomic mass is 10.2. The highest BCUT2D eigenvalue weighted by molar-refractivity contribution is 6.31. The molecule has 0 atom stereocenters. The summed E-state index contributed by atoms with van der Waals surface area (Å²) in [6, 6.07) is 8.31. The maximum Gasteiger partial charge on any atom is 0.338 e. The second kappa shape index (κ2) is 10.4. The molecule has 10 heteroatoms. The minimum atomic E-state index is -0.760. The Bertz CT molecular complexity index is 947. The van der Waals surface area contributed by atoms with Crippen molar-refractivity contribution in [3.8, 4) is 11.5 Å². The zero-order valence-electron chi connectivity index (χ0n) is 16.6. The van der Waals surface area contributed by atoms with Gasteiger partial charge in [-0.3, -0.25) is 14.9 Å². The number of esters is 1. The van der Waals surface area contributed by atoms with Crippen LogP contribution in [-0.4, -0.2) is 37.1 Å². The van der Waals surface area contributed by atoms with Crippen molar-refractivity contribution >= 4 is 34.9 Å².